The lowest BCUT2D eigenvalue weighted by atomic mass is 10.2. The third-order valence-electron chi connectivity index (χ3n) is 4.67. The number of nitrogens with one attached hydrogen (secondary N) is 1. The third kappa shape index (κ3) is 6.57. The minimum atomic E-state index is -0.373. The number of halogens is 1. The van der Waals surface area contributed by atoms with Crippen LogP contribution in [-0.2, 0) is 14.3 Å². The molecule has 1 aliphatic rings. The van der Waals surface area contributed by atoms with Crippen molar-refractivity contribution < 1.29 is 14.3 Å². The second-order valence-corrected chi connectivity index (χ2v) is 7.29. The predicted molar refractivity (Wildman–Crippen MR) is 119 cm³/mol. The molecule has 0 atom stereocenters. The lowest BCUT2D eigenvalue weighted by Crippen LogP contribution is -2.48. The Morgan fingerprint density at radius 1 is 1.13 bits per heavy atom. The van der Waals surface area contributed by atoms with Crippen molar-refractivity contribution in [3.8, 4) is 0 Å². The van der Waals surface area contributed by atoms with E-state index in [0.717, 1.165) is 43.2 Å². The fraction of sp³-hybridized carbons (Fsp3) is 0.318. The summed E-state index contributed by atoms with van der Waals surface area (Å²) in [5.41, 5.74) is 1.57. The van der Waals surface area contributed by atoms with Crippen molar-refractivity contribution >= 4 is 41.1 Å². The summed E-state index contributed by atoms with van der Waals surface area (Å²) in [4.78, 5) is 32.4. The molecule has 0 bridgehead atoms. The van der Waals surface area contributed by atoms with Crippen molar-refractivity contribution in [2.24, 2.45) is 0 Å². The SMILES string of the molecule is CCOC(=O)/C=C/c1ccc(NC(=O)CN2CCN(c3ccc(Cl)cn3)CC2)cc1. The number of hydrogen-bond acceptors (Lipinski definition) is 6. The number of carbonyl (C=O) groups excluding carboxylic acids is 2. The number of carbonyl (C=O) groups is 2. The topological polar surface area (TPSA) is 74.8 Å². The van der Waals surface area contributed by atoms with E-state index < -0.39 is 0 Å². The Balaban J connectivity index is 1.43. The van der Waals surface area contributed by atoms with E-state index >= 15 is 0 Å². The van der Waals surface area contributed by atoms with Crippen molar-refractivity contribution in [3.63, 3.8) is 0 Å². The van der Waals surface area contributed by atoms with Crippen LogP contribution in [0.1, 0.15) is 12.5 Å². The summed E-state index contributed by atoms with van der Waals surface area (Å²) in [6.45, 7) is 5.64. The van der Waals surface area contributed by atoms with Crippen molar-refractivity contribution in [2.45, 2.75) is 6.92 Å². The average molecular weight is 429 g/mol. The first-order valence-electron chi connectivity index (χ1n) is 9.87. The molecular weight excluding hydrogens is 404 g/mol. The van der Waals surface area contributed by atoms with Gasteiger partial charge in [-0.2, -0.15) is 0 Å². The summed E-state index contributed by atoms with van der Waals surface area (Å²) in [5, 5.41) is 3.54. The molecule has 1 aliphatic heterocycles. The molecule has 0 radical (unpaired) electrons. The number of ether oxygens (including phenoxy) is 1. The molecule has 1 aromatic carbocycles. The van der Waals surface area contributed by atoms with E-state index in [1.54, 1.807) is 19.2 Å². The smallest absolute Gasteiger partial charge is 0.330 e. The summed E-state index contributed by atoms with van der Waals surface area (Å²) in [7, 11) is 0. The Morgan fingerprint density at radius 2 is 1.87 bits per heavy atom. The number of rotatable bonds is 7. The highest BCUT2D eigenvalue weighted by atomic mass is 35.5. The van der Waals surface area contributed by atoms with Crippen LogP contribution >= 0.6 is 11.6 Å². The van der Waals surface area contributed by atoms with E-state index in [2.05, 4.69) is 20.1 Å². The quantitative estimate of drug-likeness (QED) is 0.539. The van der Waals surface area contributed by atoms with Gasteiger partial charge < -0.3 is 15.0 Å². The Kier molecular flexibility index (Phi) is 7.82. The molecule has 1 amide bonds. The van der Waals surface area contributed by atoms with E-state index in [1.165, 1.54) is 6.08 Å². The van der Waals surface area contributed by atoms with E-state index in [4.69, 9.17) is 16.3 Å². The van der Waals surface area contributed by atoms with Crippen molar-refractivity contribution in [1.82, 2.24) is 9.88 Å². The van der Waals surface area contributed by atoms with Gasteiger partial charge in [0.2, 0.25) is 5.91 Å². The van der Waals surface area contributed by atoms with Gasteiger partial charge in [0.25, 0.3) is 0 Å². The molecule has 0 aliphatic carbocycles. The number of anilines is 2. The molecule has 2 heterocycles. The summed E-state index contributed by atoms with van der Waals surface area (Å²) in [5.74, 6) is 0.477. The van der Waals surface area contributed by atoms with Gasteiger partial charge >= 0.3 is 5.97 Å². The fourth-order valence-electron chi connectivity index (χ4n) is 3.13. The van der Waals surface area contributed by atoms with Gasteiger partial charge in [0.1, 0.15) is 5.82 Å². The molecule has 158 valence electrons. The van der Waals surface area contributed by atoms with Crippen LogP contribution in [0.25, 0.3) is 6.08 Å². The fourth-order valence-corrected chi connectivity index (χ4v) is 3.24. The highest BCUT2D eigenvalue weighted by Gasteiger charge is 2.19. The molecule has 7 nitrogen and oxygen atoms in total. The average Bonchev–Trinajstić information content (AvgIpc) is 2.75. The molecule has 3 rings (SSSR count). The zero-order chi connectivity index (χ0) is 21.3. The zero-order valence-corrected chi connectivity index (χ0v) is 17.6. The van der Waals surface area contributed by atoms with Crippen molar-refractivity contribution in [1.29, 1.82) is 0 Å². The van der Waals surface area contributed by atoms with Crippen LogP contribution in [0.5, 0.6) is 0 Å². The van der Waals surface area contributed by atoms with Crippen LogP contribution in [0.4, 0.5) is 11.5 Å². The summed E-state index contributed by atoms with van der Waals surface area (Å²) in [6, 6.07) is 11.0. The van der Waals surface area contributed by atoms with E-state index in [-0.39, 0.29) is 11.9 Å². The van der Waals surface area contributed by atoms with Gasteiger partial charge in [-0.05, 0) is 42.8 Å². The maximum absolute atomic E-state index is 12.4. The van der Waals surface area contributed by atoms with Crippen molar-refractivity contribution in [3.05, 3.63) is 59.3 Å². The molecule has 2 aromatic rings. The highest BCUT2D eigenvalue weighted by Crippen LogP contribution is 2.16. The van der Waals surface area contributed by atoms with Gasteiger partial charge in [0.05, 0.1) is 18.2 Å². The monoisotopic (exact) mass is 428 g/mol. The number of hydrogen-bond donors (Lipinski definition) is 1. The Bertz CT molecular complexity index is 876. The van der Waals surface area contributed by atoms with Gasteiger partial charge in [-0.3, -0.25) is 9.69 Å². The molecule has 30 heavy (non-hydrogen) atoms. The molecule has 0 saturated carbocycles. The maximum atomic E-state index is 12.4. The summed E-state index contributed by atoms with van der Waals surface area (Å²) >= 11 is 5.89. The van der Waals surface area contributed by atoms with Crippen LogP contribution in [0.2, 0.25) is 5.02 Å². The molecule has 1 N–H and O–H groups in total. The summed E-state index contributed by atoms with van der Waals surface area (Å²) < 4.78 is 4.85. The lowest BCUT2D eigenvalue weighted by molar-refractivity contribution is -0.137. The number of benzene rings is 1. The molecule has 1 saturated heterocycles. The van der Waals surface area contributed by atoms with Crippen LogP contribution in [0.3, 0.4) is 0 Å². The molecule has 1 fully saturated rings. The number of pyridine rings is 1. The van der Waals surface area contributed by atoms with Gasteiger partial charge in [-0.15, -0.1) is 0 Å². The number of amides is 1. The second kappa shape index (κ2) is 10.8. The molecule has 0 spiro atoms. The first kappa shape index (κ1) is 21.8. The van der Waals surface area contributed by atoms with E-state index in [0.29, 0.717) is 18.2 Å². The normalized spacial score (nSPS) is 14.7. The largest absolute Gasteiger partial charge is 0.463 e. The van der Waals surface area contributed by atoms with Gasteiger partial charge in [-0.1, -0.05) is 23.7 Å². The molecular formula is C22H25ClN4O3. The van der Waals surface area contributed by atoms with Gasteiger partial charge in [0.15, 0.2) is 0 Å². The van der Waals surface area contributed by atoms with E-state index in [9.17, 15) is 9.59 Å². The Hall–Kier alpha value is -2.90. The van der Waals surface area contributed by atoms with Crippen LogP contribution in [0.15, 0.2) is 48.7 Å². The number of nitrogens with zero attached hydrogens (tertiary/aromatic N) is 3. The minimum absolute atomic E-state index is 0.0529. The van der Waals surface area contributed by atoms with Crippen molar-refractivity contribution in [2.75, 3.05) is 49.5 Å². The predicted octanol–water partition coefficient (Wildman–Crippen LogP) is 3.07. The van der Waals surface area contributed by atoms with Gasteiger partial charge in [-0.25, -0.2) is 9.78 Å². The number of aromatic nitrogens is 1. The lowest BCUT2D eigenvalue weighted by Gasteiger charge is -2.35. The maximum Gasteiger partial charge on any atom is 0.330 e. The summed E-state index contributed by atoms with van der Waals surface area (Å²) in [6.07, 6.45) is 4.71. The first-order valence-corrected chi connectivity index (χ1v) is 10.2. The van der Waals surface area contributed by atoms with Crippen LogP contribution < -0.4 is 10.2 Å². The highest BCUT2D eigenvalue weighted by molar-refractivity contribution is 6.30. The number of piperazine rings is 1. The van der Waals surface area contributed by atoms with Crippen LogP contribution in [-0.4, -0.2) is 61.1 Å². The standard InChI is InChI=1S/C22H25ClN4O3/c1-2-30-22(29)10-5-17-3-7-19(8-4-17)25-21(28)16-26-11-13-27(14-12-26)20-9-6-18(23)15-24-20/h3-10,15H,2,11-14,16H2,1H3,(H,25,28)/b10-5+. The molecule has 0 unspecified atom stereocenters. The third-order valence-corrected chi connectivity index (χ3v) is 4.89. The number of esters is 1. The minimum Gasteiger partial charge on any atom is -0.463 e. The Labute approximate surface area is 181 Å². The molecule has 8 heteroatoms. The second-order valence-electron chi connectivity index (χ2n) is 6.85. The van der Waals surface area contributed by atoms with Crippen LogP contribution in [0, 0.1) is 0 Å². The molecule has 1 aromatic heterocycles. The van der Waals surface area contributed by atoms with E-state index in [1.807, 2.05) is 36.4 Å². The Morgan fingerprint density at radius 3 is 2.50 bits per heavy atom. The zero-order valence-electron chi connectivity index (χ0n) is 16.9. The van der Waals surface area contributed by atoms with Gasteiger partial charge in [0, 0.05) is 44.1 Å². The first-order chi connectivity index (χ1) is 14.5.